The smallest absolute Gasteiger partial charge is 0.365 e. The Balaban J connectivity index is 1.70. The Labute approximate surface area is 108 Å². The number of likely N-dealkylation sites (tertiary alicyclic amines) is 1. The number of nitrogens with zero attached hydrogens (tertiary/aromatic N) is 2. The summed E-state index contributed by atoms with van der Waals surface area (Å²) in [7, 11) is 0. The van der Waals surface area contributed by atoms with E-state index in [0.29, 0.717) is 0 Å². The molecule has 104 valence electrons. The number of amides is 1. The standard InChI is InChI=1S/C12H13F3N2O2/c13-12(14,15)8-19-10-6-17(7-10)11(18)4-9-2-1-3-16-5-9/h1-3,5,10H,4,6-8H2. The molecule has 0 radical (unpaired) electrons. The summed E-state index contributed by atoms with van der Waals surface area (Å²) in [4.78, 5) is 17.1. The largest absolute Gasteiger partial charge is 0.411 e. The second kappa shape index (κ2) is 5.56. The Morgan fingerprint density at radius 2 is 2.21 bits per heavy atom. The van der Waals surface area contributed by atoms with Crippen LogP contribution in [0.4, 0.5) is 13.2 Å². The number of carbonyl (C=O) groups excluding carboxylic acids is 1. The van der Waals surface area contributed by atoms with Crippen molar-refractivity contribution < 1.29 is 22.7 Å². The molecule has 1 aliphatic heterocycles. The van der Waals surface area contributed by atoms with Gasteiger partial charge in [0.15, 0.2) is 0 Å². The molecule has 1 fully saturated rings. The van der Waals surface area contributed by atoms with Crippen molar-refractivity contribution >= 4 is 5.91 Å². The zero-order valence-electron chi connectivity index (χ0n) is 10.1. The fourth-order valence-corrected chi connectivity index (χ4v) is 1.75. The van der Waals surface area contributed by atoms with Gasteiger partial charge in [0.05, 0.1) is 12.5 Å². The number of pyridine rings is 1. The summed E-state index contributed by atoms with van der Waals surface area (Å²) in [6.07, 6.45) is -1.42. The van der Waals surface area contributed by atoms with Gasteiger partial charge in [0.1, 0.15) is 6.61 Å². The second-order valence-electron chi connectivity index (χ2n) is 4.38. The zero-order valence-corrected chi connectivity index (χ0v) is 10.1. The van der Waals surface area contributed by atoms with E-state index in [-0.39, 0.29) is 25.4 Å². The van der Waals surface area contributed by atoms with Crippen molar-refractivity contribution in [3.05, 3.63) is 30.1 Å². The zero-order chi connectivity index (χ0) is 13.9. The lowest BCUT2D eigenvalue weighted by molar-refractivity contribution is -0.199. The maximum Gasteiger partial charge on any atom is 0.411 e. The third-order valence-corrected chi connectivity index (χ3v) is 2.76. The summed E-state index contributed by atoms with van der Waals surface area (Å²) in [6.45, 7) is -0.827. The first kappa shape index (κ1) is 13.8. The number of alkyl halides is 3. The van der Waals surface area contributed by atoms with Gasteiger partial charge >= 0.3 is 6.18 Å². The molecule has 0 bridgehead atoms. The Morgan fingerprint density at radius 3 is 2.79 bits per heavy atom. The van der Waals surface area contributed by atoms with Gasteiger partial charge < -0.3 is 9.64 Å². The predicted molar refractivity (Wildman–Crippen MR) is 60.3 cm³/mol. The number of rotatable bonds is 4. The molecule has 1 aliphatic rings. The van der Waals surface area contributed by atoms with E-state index in [9.17, 15) is 18.0 Å². The van der Waals surface area contributed by atoms with Crippen LogP contribution in [0.5, 0.6) is 0 Å². The Morgan fingerprint density at radius 1 is 1.47 bits per heavy atom. The van der Waals surface area contributed by atoms with E-state index >= 15 is 0 Å². The van der Waals surface area contributed by atoms with Crippen molar-refractivity contribution in [3.63, 3.8) is 0 Å². The van der Waals surface area contributed by atoms with E-state index in [4.69, 9.17) is 0 Å². The number of hydrogen-bond acceptors (Lipinski definition) is 3. The van der Waals surface area contributed by atoms with E-state index in [1.54, 1.807) is 24.5 Å². The van der Waals surface area contributed by atoms with Crippen LogP contribution in [-0.2, 0) is 16.0 Å². The minimum Gasteiger partial charge on any atom is -0.365 e. The molecule has 0 spiro atoms. The fourth-order valence-electron chi connectivity index (χ4n) is 1.75. The lowest BCUT2D eigenvalue weighted by atomic mass is 10.1. The molecule has 2 rings (SSSR count). The third-order valence-electron chi connectivity index (χ3n) is 2.76. The van der Waals surface area contributed by atoms with Gasteiger partial charge in [-0.1, -0.05) is 6.07 Å². The maximum absolute atomic E-state index is 11.9. The van der Waals surface area contributed by atoms with E-state index in [1.807, 2.05) is 0 Å². The lowest BCUT2D eigenvalue weighted by Crippen LogP contribution is -2.55. The van der Waals surface area contributed by atoms with Crippen molar-refractivity contribution in [2.45, 2.75) is 18.7 Å². The van der Waals surface area contributed by atoms with Gasteiger partial charge in [-0.15, -0.1) is 0 Å². The van der Waals surface area contributed by atoms with Crippen LogP contribution >= 0.6 is 0 Å². The molecule has 0 unspecified atom stereocenters. The lowest BCUT2D eigenvalue weighted by Gasteiger charge is -2.39. The quantitative estimate of drug-likeness (QED) is 0.833. The highest BCUT2D eigenvalue weighted by Crippen LogP contribution is 2.19. The van der Waals surface area contributed by atoms with Crippen molar-refractivity contribution in [2.75, 3.05) is 19.7 Å². The molecule has 1 amide bonds. The molecule has 0 saturated carbocycles. The topological polar surface area (TPSA) is 42.4 Å². The Kier molecular flexibility index (Phi) is 4.04. The van der Waals surface area contributed by atoms with Crippen LogP contribution in [0.2, 0.25) is 0 Å². The molecule has 0 aliphatic carbocycles. The van der Waals surface area contributed by atoms with E-state index in [0.717, 1.165) is 5.56 Å². The molecule has 7 heteroatoms. The van der Waals surface area contributed by atoms with Gasteiger partial charge in [0.25, 0.3) is 0 Å². The van der Waals surface area contributed by atoms with Gasteiger partial charge in [-0.3, -0.25) is 9.78 Å². The summed E-state index contributed by atoms with van der Waals surface area (Å²) < 4.78 is 40.4. The molecule has 0 N–H and O–H groups in total. The maximum atomic E-state index is 11.9. The van der Waals surface area contributed by atoms with Crippen molar-refractivity contribution in [2.24, 2.45) is 0 Å². The second-order valence-corrected chi connectivity index (χ2v) is 4.38. The first-order valence-electron chi connectivity index (χ1n) is 5.79. The molecule has 1 aromatic heterocycles. The van der Waals surface area contributed by atoms with Crippen LogP contribution in [0.3, 0.4) is 0 Å². The Bertz CT molecular complexity index is 430. The molecule has 0 aromatic carbocycles. The first-order valence-corrected chi connectivity index (χ1v) is 5.79. The van der Waals surface area contributed by atoms with E-state index in [1.165, 1.54) is 4.90 Å². The summed E-state index contributed by atoms with van der Waals surface area (Å²) in [5.41, 5.74) is 0.784. The van der Waals surface area contributed by atoms with Gasteiger partial charge in [-0.25, -0.2) is 0 Å². The minimum atomic E-state index is -4.32. The normalized spacial score (nSPS) is 16.3. The number of ether oxygens (including phenoxy) is 1. The summed E-state index contributed by atoms with van der Waals surface area (Å²) in [6, 6.07) is 3.51. The highest BCUT2D eigenvalue weighted by Gasteiger charge is 2.35. The molecular formula is C12H13F3N2O2. The number of carbonyl (C=O) groups is 1. The van der Waals surface area contributed by atoms with Crippen LogP contribution in [0, 0.1) is 0 Å². The van der Waals surface area contributed by atoms with E-state index < -0.39 is 18.9 Å². The minimum absolute atomic E-state index is 0.125. The van der Waals surface area contributed by atoms with Crippen LogP contribution < -0.4 is 0 Å². The molecule has 2 heterocycles. The van der Waals surface area contributed by atoms with Gasteiger partial charge in [-0.05, 0) is 11.6 Å². The first-order chi connectivity index (χ1) is 8.94. The van der Waals surface area contributed by atoms with Crippen molar-refractivity contribution in [1.82, 2.24) is 9.88 Å². The van der Waals surface area contributed by atoms with Gasteiger partial charge in [0, 0.05) is 25.5 Å². The highest BCUT2D eigenvalue weighted by atomic mass is 19.4. The average molecular weight is 274 g/mol. The monoisotopic (exact) mass is 274 g/mol. The number of halogens is 3. The third kappa shape index (κ3) is 4.20. The SMILES string of the molecule is O=C(Cc1cccnc1)N1CC(OCC(F)(F)F)C1. The summed E-state index contributed by atoms with van der Waals surface area (Å²) >= 11 is 0. The van der Waals surface area contributed by atoms with Crippen molar-refractivity contribution in [3.8, 4) is 0 Å². The van der Waals surface area contributed by atoms with Crippen LogP contribution in [0.25, 0.3) is 0 Å². The average Bonchev–Trinajstić information content (AvgIpc) is 2.26. The van der Waals surface area contributed by atoms with Crippen LogP contribution in [-0.4, -0.2) is 47.8 Å². The molecule has 1 saturated heterocycles. The Hall–Kier alpha value is -1.63. The highest BCUT2D eigenvalue weighted by molar-refractivity contribution is 5.79. The summed E-state index contributed by atoms with van der Waals surface area (Å²) in [5, 5.41) is 0. The van der Waals surface area contributed by atoms with Gasteiger partial charge in [-0.2, -0.15) is 13.2 Å². The number of hydrogen-bond donors (Lipinski definition) is 0. The molecule has 0 atom stereocenters. The molecule has 19 heavy (non-hydrogen) atoms. The molecular weight excluding hydrogens is 261 g/mol. The van der Waals surface area contributed by atoms with Gasteiger partial charge in [0.2, 0.25) is 5.91 Å². The fraction of sp³-hybridized carbons (Fsp3) is 0.500. The predicted octanol–water partition coefficient (Wildman–Crippen LogP) is 1.41. The van der Waals surface area contributed by atoms with Crippen LogP contribution in [0.15, 0.2) is 24.5 Å². The molecule has 1 aromatic rings. The molecule has 4 nitrogen and oxygen atoms in total. The van der Waals surface area contributed by atoms with Crippen molar-refractivity contribution in [1.29, 1.82) is 0 Å². The number of aromatic nitrogens is 1. The van der Waals surface area contributed by atoms with Crippen LogP contribution in [0.1, 0.15) is 5.56 Å². The van der Waals surface area contributed by atoms with E-state index in [2.05, 4.69) is 9.72 Å². The summed E-state index contributed by atoms with van der Waals surface area (Å²) in [5.74, 6) is -0.125.